The molecule has 1 aromatic heterocycles. The van der Waals surface area contributed by atoms with E-state index in [4.69, 9.17) is 9.84 Å². The van der Waals surface area contributed by atoms with E-state index in [1.165, 1.54) is 0 Å². The summed E-state index contributed by atoms with van der Waals surface area (Å²) in [5.74, 6) is 0.450. The van der Waals surface area contributed by atoms with Gasteiger partial charge in [0, 0.05) is 24.8 Å². The Morgan fingerprint density at radius 1 is 1.07 bits per heavy atom. The highest BCUT2D eigenvalue weighted by Gasteiger charge is 2.29. The number of amides is 1. The molecule has 0 radical (unpaired) electrons. The van der Waals surface area contributed by atoms with Crippen LogP contribution in [0.15, 0.2) is 60.8 Å². The molecule has 0 atom stereocenters. The highest BCUT2D eigenvalue weighted by atomic mass is 32.2. The van der Waals surface area contributed by atoms with E-state index >= 15 is 0 Å². The Morgan fingerprint density at radius 3 is 2.50 bits per heavy atom. The van der Waals surface area contributed by atoms with Gasteiger partial charge in [0.2, 0.25) is 0 Å². The number of nitrogens with zero attached hydrogens (tertiary/aromatic N) is 3. The second kappa shape index (κ2) is 8.31. The number of carbonyl (C=O) groups excluding carboxylic acids is 1. The minimum atomic E-state index is -3.07. The van der Waals surface area contributed by atoms with Crippen molar-refractivity contribution in [1.82, 2.24) is 14.7 Å². The van der Waals surface area contributed by atoms with Crippen molar-refractivity contribution in [1.29, 1.82) is 0 Å². The van der Waals surface area contributed by atoms with Gasteiger partial charge in [0.05, 0.1) is 30.7 Å². The lowest BCUT2D eigenvalue weighted by Crippen LogP contribution is -2.43. The van der Waals surface area contributed by atoms with Gasteiger partial charge in [0.1, 0.15) is 11.4 Å². The molecule has 3 aromatic rings. The highest BCUT2D eigenvalue weighted by Crippen LogP contribution is 2.27. The van der Waals surface area contributed by atoms with Gasteiger partial charge in [0.15, 0.2) is 9.84 Å². The number of benzene rings is 2. The lowest BCUT2D eigenvalue weighted by Gasteiger charge is -2.26. The molecule has 0 saturated carbocycles. The molecule has 1 amide bonds. The van der Waals surface area contributed by atoms with Crippen molar-refractivity contribution in [3.8, 4) is 17.0 Å². The van der Waals surface area contributed by atoms with Gasteiger partial charge in [-0.15, -0.1) is 0 Å². The van der Waals surface area contributed by atoms with Gasteiger partial charge in [-0.1, -0.05) is 42.5 Å². The number of hydrogen-bond donors (Lipinski definition) is 0. The van der Waals surface area contributed by atoms with Crippen LogP contribution in [0.1, 0.15) is 15.9 Å². The average molecular weight is 426 g/mol. The summed E-state index contributed by atoms with van der Waals surface area (Å²) in [5, 5.41) is 4.69. The zero-order chi connectivity index (χ0) is 21.1. The molecule has 0 spiro atoms. The van der Waals surface area contributed by atoms with Gasteiger partial charge in [-0.3, -0.25) is 9.48 Å². The Balaban J connectivity index is 1.70. The van der Waals surface area contributed by atoms with Crippen LogP contribution in [0.5, 0.6) is 5.75 Å². The van der Waals surface area contributed by atoms with Crippen LogP contribution in [0, 0.1) is 0 Å². The minimum Gasteiger partial charge on any atom is -0.497 e. The predicted octanol–water partition coefficient (Wildman–Crippen LogP) is 2.48. The Morgan fingerprint density at radius 2 is 1.80 bits per heavy atom. The van der Waals surface area contributed by atoms with Crippen LogP contribution in [0.2, 0.25) is 0 Å². The number of methoxy groups -OCH3 is 1. The van der Waals surface area contributed by atoms with Crippen molar-refractivity contribution in [2.45, 2.75) is 6.54 Å². The summed E-state index contributed by atoms with van der Waals surface area (Å²) in [6.07, 6.45) is 1.74. The summed E-state index contributed by atoms with van der Waals surface area (Å²) < 4.78 is 30.6. The summed E-state index contributed by atoms with van der Waals surface area (Å²) in [4.78, 5) is 14.9. The molecule has 1 saturated heterocycles. The van der Waals surface area contributed by atoms with Crippen LogP contribution in [-0.2, 0) is 16.4 Å². The molecule has 2 aromatic carbocycles. The largest absolute Gasteiger partial charge is 0.497 e. The predicted molar refractivity (Wildman–Crippen MR) is 114 cm³/mol. The first-order valence-corrected chi connectivity index (χ1v) is 11.5. The fraction of sp³-hybridized carbons (Fsp3) is 0.273. The Labute approximate surface area is 175 Å². The first-order valence-electron chi connectivity index (χ1n) is 9.71. The van der Waals surface area contributed by atoms with Gasteiger partial charge in [-0.2, -0.15) is 5.10 Å². The van der Waals surface area contributed by atoms with E-state index in [0.29, 0.717) is 23.6 Å². The van der Waals surface area contributed by atoms with E-state index in [9.17, 15) is 13.2 Å². The molecule has 2 heterocycles. The second-order valence-electron chi connectivity index (χ2n) is 7.25. The molecule has 8 heteroatoms. The summed E-state index contributed by atoms with van der Waals surface area (Å²) in [6.45, 7) is 0.921. The number of ether oxygens (including phenoxy) is 1. The van der Waals surface area contributed by atoms with Crippen molar-refractivity contribution in [2.75, 3.05) is 31.7 Å². The molecule has 0 N–H and O–H groups in total. The monoisotopic (exact) mass is 425 g/mol. The van der Waals surface area contributed by atoms with E-state index in [2.05, 4.69) is 0 Å². The summed E-state index contributed by atoms with van der Waals surface area (Å²) in [6, 6.07) is 17.3. The van der Waals surface area contributed by atoms with Crippen molar-refractivity contribution in [3.63, 3.8) is 0 Å². The quantitative estimate of drug-likeness (QED) is 0.627. The molecule has 1 aliphatic rings. The summed E-state index contributed by atoms with van der Waals surface area (Å²) >= 11 is 0. The van der Waals surface area contributed by atoms with E-state index < -0.39 is 9.84 Å². The standard InChI is InChI=1S/C22H23N3O4S/c1-29-19-9-5-8-18(14-19)21-20(22(26)24-10-12-30(27,28)13-11-24)16-25(23-21)15-17-6-3-2-4-7-17/h2-9,14,16H,10-13,15H2,1H3. The second-order valence-corrected chi connectivity index (χ2v) is 9.55. The Hall–Kier alpha value is -3.13. The molecule has 1 fully saturated rings. The third-order valence-electron chi connectivity index (χ3n) is 5.15. The van der Waals surface area contributed by atoms with Crippen molar-refractivity contribution in [2.24, 2.45) is 0 Å². The number of rotatable bonds is 5. The molecule has 30 heavy (non-hydrogen) atoms. The molecule has 0 aliphatic carbocycles. The maximum atomic E-state index is 13.3. The highest BCUT2D eigenvalue weighted by molar-refractivity contribution is 7.91. The van der Waals surface area contributed by atoms with E-state index in [-0.39, 0.29) is 30.5 Å². The van der Waals surface area contributed by atoms with Gasteiger partial charge in [-0.25, -0.2) is 8.42 Å². The fourth-order valence-corrected chi connectivity index (χ4v) is 4.70. The molecule has 0 unspecified atom stereocenters. The number of aromatic nitrogens is 2. The number of carbonyl (C=O) groups is 1. The Kier molecular flexibility index (Phi) is 5.59. The normalized spacial score (nSPS) is 15.7. The lowest BCUT2D eigenvalue weighted by molar-refractivity contribution is 0.0771. The molecular formula is C22H23N3O4S. The van der Waals surface area contributed by atoms with Gasteiger partial charge >= 0.3 is 0 Å². The van der Waals surface area contributed by atoms with Gasteiger partial charge in [-0.05, 0) is 17.7 Å². The van der Waals surface area contributed by atoms with Crippen molar-refractivity contribution in [3.05, 3.63) is 71.9 Å². The summed E-state index contributed by atoms with van der Waals surface area (Å²) in [7, 11) is -1.48. The Bertz CT molecular complexity index is 1140. The average Bonchev–Trinajstić information content (AvgIpc) is 3.18. The molecular weight excluding hydrogens is 402 g/mol. The molecule has 1 aliphatic heterocycles. The van der Waals surface area contributed by atoms with Crippen LogP contribution in [0.25, 0.3) is 11.3 Å². The van der Waals surface area contributed by atoms with E-state index in [0.717, 1.165) is 11.1 Å². The van der Waals surface area contributed by atoms with Crippen LogP contribution in [0.3, 0.4) is 0 Å². The maximum absolute atomic E-state index is 13.3. The molecule has 0 bridgehead atoms. The van der Waals surface area contributed by atoms with Crippen LogP contribution in [-0.4, -0.2) is 60.7 Å². The zero-order valence-corrected chi connectivity index (χ0v) is 17.5. The topological polar surface area (TPSA) is 81.5 Å². The number of hydrogen-bond acceptors (Lipinski definition) is 5. The molecule has 156 valence electrons. The lowest BCUT2D eigenvalue weighted by atomic mass is 10.1. The maximum Gasteiger partial charge on any atom is 0.257 e. The first kappa shape index (κ1) is 20.2. The van der Waals surface area contributed by atoms with Crippen LogP contribution in [0.4, 0.5) is 0 Å². The van der Waals surface area contributed by atoms with Crippen LogP contribution >= 0.6 is 0 Å². The van der Waals surface area contributed by atoms with Gasteiger partial charge in [0.25, 0.3) is 5.91 Å². The summed E-state index contributed by atoms with van der Waals surface area (Å²) in [5.41, 5.74) is 2.86. The smallest absolute Gasteiger partial charge is 0.257 e. The molecule has 7 nitrogen and oxygen atoms in total. The molecule has 4 rings (SSSR count). The van der Waals surface area contributed by atoms with E-state index in [1.807, 2.05) is 54.6 Å². The SMILES string of the molecule is COc1cccc(-c2nn(Cc3ccccc3)cc2C(=O)N2CCS(=O)(=O)CC2)c1. The fourth-order valence-electron chi connectivity index (χ4n) is 3.50. The number of sulfone groups is 1. The van der Waals surface area contributed by atoms with Crippen LogP contribution < -0.4 is 4.74 Å². The van der Waals surface area contributed by atoms with E-state index in [1.54, 1.807) is 22.9 Å². The third-order valence-corrected chi connectivity index (χ3v) is 6.76. The minimum absolute atomic E-state index is 0.00855. The van der Waals surface area contributed by atoms with Crippen molar-refractivity contribution >= 4 is 15.7 Å². The third kappa shape index (κ3) is 4.38. The van der Waals surface area contributed by atoms with Gasteiger partial charge < -0.3 is 9.64 Å². The zero-order valence-electron chi connectivity index (χ0n) is 16.7. The first-order chi connectivity index (χ1) is 14.4. The van der Waals surface area contributed by atoms with Crippen molar-refractivity contribution < 1.29 is 17.9 Å².